The number of hydrogen-bond donors (Lipinski definition) is 2. The van der Waals surface area contributed by atoms with E-state index in [0.717, 1.165) is 16.9 Å². The van der Waals surface area contributed by atoms with Crippen LogP contribution >= 0.6 is 11.8 Å². The van der Waals surface area contributed by atoms with Crippen LogP contribution in [0.2, 0.25) is 0 Å². The molecular formula is C23H25N3O3S. The SMILES string of the molecule is CCOC(=O)CC1=CC(SCC(=O)NCc2ccc(C)cc2)=Nc2ccccc2N1. The summed E-state index contributed by atoms with van der Waals surface area (Å²) in [6.07, 6.45) is 1.91. The Bertz CT molecular complexity index is 968. The van der Waals surface area contributed by atoms with Crippen molar-refractivity contribution in [1.29, 1.82) is 0 Å². The van der Waals surface area contributed by atoms with Crippen molar-refractivity contribution < 1.29 is 14.3 Å². The Morgan fingerprint density at radius 2 is 1.90 bits per heavy atom. The van der Waals surface area contributed by atoms with Gasteiger partial charge in [0.15, 0.2) is 0 Å². The molecule has 1 amide bonds. The van der Waals surface area contributed by atoms with Gasteiger partial charge < -0.3 is 15.4 Å². The second kappa shape index (κ2) is 10.6. The summed E-state index contributed by atoms with van der Waals surface area (Å²) in [7, 11) is 0. The Morgan fingerprint density at radius 3 is 2.67 bits per heavy atom. The number of nitrogens with one attached hydrogen (secondary N) is 2. The number of ether oxygens (including phenoxy) is 1. The van der Waals surface area contributed by atoms with Crippen LogP contribution in [-0.4, -0.2) is 29.3 Å². The van der Waals surface area contributed by atoms with Crippen LogP contribution < -0.4 is 10.6 Å². The Morgan fingerprint density at radius 1 is 1.13 bits per heavy atom. The third-order valence-electron chi connectivity index (χ3n) is 4.33. The monoisotopic (exact) mass is 423 g/mol. The maximum atomic E-state index is 12.3. The number of esters is 1. The first-order valence-corrected chi connectivity index (χ1v) is 10.8. The number of fused-ring (bicyclic) bond motifs is 1. The van der Waals surface area contributed by atoms with Crippen molar-refractivity contribution in [2.24, 2.45) is 4.99 Å². The molecule has 3 rings (SSSR count). The average molecular weight is 424 g/mol. The molecule has 30 heavy (non-hydrogen) atoms. The molecule has 0 aromatic heterocycles. The first kappa shape index (κ1) is 21.6. The van der Waals surface area contributed by atoms with E-state index >= 15 is 0 Å². The van der Waals surface area contributed by atoms with Gasteiger partial charge in [0, 0.05) is 12.2 Å². The van der Waals surface area contributed by atoms with Gasteiger partial charge in [-0.05, 0) is 37.6 Å². The second-order valence-electron chi connectivity index (χ2n) is 6.79. The summed E-state index contributed by atoms with van der Waals surface area (Å²) in [6.45, 7) is 4.63. The molecule has 0 atom stereocenters. The zero-order chi connectivity index (χ0) is 21.3. The number of benzene rings is 2. The molecule has 2 aromatic carbocycles. The standard InChI is InChI=1S/C23H25N3O3S/c1-3-29-23(28)13-18-12-22(26-20-7-5-4-6-19(20)25-18)30-15-21(27)24-14-17-10-8-16(2)9-11-17/h4-12,25H,3,13-15H2,1-2H3,(H,24,27). The summed E-state index contributed by atoms with van der Waals surface area (Å²) in [4.78, 5) is 28.9. The molecule has 1 aliphatic heterocycles. The zero-order valence-electron chi connectivity index (χ0n) is 17.1. The number of amides is 1. The molecule has 2 N–H and O–H groups in total. The fourth-order valence-electron chi connectivity index (χ4n) is 2.82. The molecule has 0 aliphatic carbocycles. The van der Waals surface area contributed by atoms with E-state index in [1.807, 2.05) is 55.5 Å². The van der Waals surface area contributed by atoms with Gasteiger partial charge in [-0.3, -0.25) is 9.59 Å². The number of aliphatic imine (C=N–C) groups is 1. The quantitative estimate of drug-likeness (QED) is 0.648. The Labute approximate surface area is 180 Å². The van der Waals surface area contributed by atoms with E-state index in [9.17, 15) is 9.59 Å². The van der Waals surface area contributed by atoms with Crippen LogP contribution in [0.5, 0.6) is 0 Å². The Balaban J connectivity index is 1.64. The number of para-hydroxylation sites is 2. The molecule has 1 aliphatic rings. The van der Waals surface area contributed by atoms with Gasteiger partial charge in [0.1, 0.15) is 0 Å². The molecule has 0 radical (unpaired) electrons. The van der Waals surface area contributed by atoms with E-state index in [0.29, 0.717) is 23.9 Å². The third-order valence-corrected chi connectivity index (χ3v) is 5.24. The predicted molar refractivity (Wildman–Crippen MR) is 122 cm³/mol. The lowest BCUT2D eigenvalue weighted by Crippen LogP contribution is -2.25. The lowest BCUT2D eigenvalue weighted by molar-refractivity contribution is -0.142. The summed E-state index contributed by atoms with van der Waals surface area (Å²) in [5, 5.41) is 6.84. The van der Waals surface area contributed by atoms with Crippen molar-refractivity contribution in [3.8, 4) is 0 Å². The molecule has 6 nitrogen and oxygen atoms in total. The number of aryl methyl sites for hydroxylation is 1. The van der Waals surface area contributed by atoms with Gasteiger partial charge in [-0.2, -0.15) is 0 Å². The molecule has 0 spiro atoms. The van der Waals surface area contributed by atoms with Crippen molar-refractivity contribution in [1.82, 2.24) is 5.32 Å². The van der Waals surface area contributed by atoms with Crippen molar-refractivity contribution in [2.45, 2.75) is 26.8 Å². The fraction of sp³-hybridized carbons (Fsp3) is 0.261. The van der Waals surface area contributed by atoms with Crippen molar-refractivity contribution in [2.75, 3.05) is 17.7 Å². The highest BCUT2D eigenvalue weighted by molar-refractivity contribution is 8.14. The number of thioether (sulfide) groups is 1. The number of carbonyl (C=O) groups excluding carboxylic acids is 2. The third kappa shape index (κ3) is 6.49. The van der Waals surface area contributed by atoms with Crippen LogP contribution in [0.25, 0.3) is 0 Å². The molecule has 1 heterocycles. The Kier molecular flexibility index (Phi) is 7.68. The normalized spacial score (nSPS) is 12.6. The van der Waals surface area contributed by atoms with Gasteiger partial charge in [-0.1, -0.05) is 53.7 Å². The van der Waals surface area contributed by atoms with Crippen LogP contribution in [0, 0.1) is 6.92 Å². The van der Waals surface area contributed by atoms with Gasteiger partial charge in [0.25, 0.3) is 0 Å². The van der Waals surface area contributed by atoms with Crippen LogP contribution in [0.1, 0.15) is 24.5 Å². The van der Waals surface area contributed by atoms with E-state index in [-0.39, 0.29) is 24.1 Å². The lowest BCUT2D eigenvalue weighted by atomic mass is 10.1. The van der Waals surface area contributed by atoms with Crippen molar-refractivity contribution >= 4 is 40.1 Å². The molecule has 0 fully saturated rings. The van der Waals surface area contributed by atoms with E-state index in [2.05, 4.69) is 15.6 Å². The summed E-state index contributed by atoms with van der Waals surface area (Å²) in [5.41, 5.74) is 4.50. The van der Waals surface area contributed by atoms with Crippen molar-refractivity contribution in [3.63, 3.8) is 0 Å². The first-order valence-electron chi connectivity index (χ1n) is 9.79. The van der Waals surface area contributed by atoms with E-state index in [4.69, 9.17) is 4.74 Å². The minimum absolute atomic E-state index is 0.0749. The maximum Gasteiger partial charge on any atom is 0.311 e. The number of carbonyl (C=O) groups is 2. The van der Waals surface area contributed by atoms with Gasteiger partial charge in [0.2, 0.25) is 5.91 Å². The fourth-order valence-corrected chi connectivity index (χ4v) is 3.59. The largest absolute Gasteiger partial charge is 0.466 e. The molecule has 0 unspecified atom stereocenters. The Hall–Kier alpha value is -3.06. The average Bonchev–Trinajstić information content (AvgIpc) is 2.90. The molecule has 7 heteroatoms. The minimum atomic E-state index is -0.309. The van der Waals surface area contributed by atoms with E-state index in [1.165, 1.54) is 17.3 Å². The van der Waals surface area contributed by atoms with Gasteiger partial charge in [0.05, 0.1) is 35.2 Å². The number of nitrogens with zero attached hydrogens (tertiary/aromatic N) is 1. The zero-order valence-corrected chi connectivity index (χ0v) is 17.9. The maximum absolute atomic E-state index is 12.3. The summed E-state index contributed by atoms with van der Waals surface area (Å²) in [6, 6.07) is 15.7. The molecular weight excluding hydrogens is 398 g/mol. The highest BCUT2D eigenvalue weighted by Crippen LogP contribution is 2.31. The van der Waals surface area contributed by atoms with Crippen LogP contribution in [0.3, 0.4) is 0 Å². The molecule has 0 saturated heterocycles. The molecule has 156 valence electrons. The first-order chi connectivity index (χ1) is 14.5. The topological polar surface area (TPSA) is 79.8 Å². The number of rotatable bonds is 7. The molecule has 0 saturated carbocycles. The molecule has 0 bridgehead atoms. The smallest absolute Gasteiger partial charge is 0.311 e. The minimum Gasteiger partial charge on any atom is -0.466 e. The van der Waals surface area contributed by atoms with Gasteiger partial charge in [-0.15, -0.1) is 0 Å². The van der Waals surface area contributed by atoms with Gasteiger partial charge in [-0.25, -0.2) is 4.99 Å². The second-order valence-corrected chi connectivity index (χ2v) is 7.79. The summed E-state index contributed by atoms with van der Waals surface area (Å²) >= 11 is 1.33. The van der Waals surface area contributed by atoms with E-state index < -0.39 is 0 Å². The number of hydrogen-bond acceptors (Lipinski definition) is 6. The van der Waals surface area contributed by atoms with Crippen LogP contribution in [-0.2, 0) is 20.9 Å². The van der Waals surface area contributed by atoms with Crippen LogP contribution in [0.15, 0.2) is 65.3 Å². The van der Waals surface area contributed by atoms with Crippen LogP contribution in [0.4, 0.5) is 11.4 Å². The molecule has 2 aromatic rings. The summed E-state index contributed by atoms with van der Waals surface area (Å²) < 4.78 is 5.06. The van der Waals surface area contributed by atoms with Gasteiger partial charge >= 0.3 is 5.97 Å². The highest BCUT2D eigenvalue weighted by Gasteiger charge is 2.15. The summed E-state index contributed by atoms with van der Waals surface area (Å²) in [5.74, 6) is -0.152. The van der Waals surface area contributed by atoms with E-state index in [1.54, 1.807) is 13.0 Å². The van der Waals surface area contributed by atoms with Crippen molar-refractivity contribution in [3.05, 3.63) is 71.4 Å². The predicted octanol–water partition coefficient (Wildman–Crippen LogP) is 4.34. The lowest BCUT2D eigenvalue weighted by Gasteiger charge is -2.10. The number of anilines is 1. The highest BCUT2D eigenvalue weighted by atomic mass is 32.2.